The van der Waals surface area contributed by atoms with Gasteiger partial charge in [-0.3, -0.25) is 4.79 Å². The van der Waals surface area contributed by atoms with Gasteiger partial charge in [-0.05, 0) is 19.1 Å². The Kier molecular flexibility index (Phi) is 5.84. The maximum atomic E-state index is 13.1. The van der Waals surface area contributed by atoms with Crippen molar-refractivity contribution in [2.45, 2.75) is 6.92 Å². The number of rotatable bonds is 7. The highest BCUT2D eigenvalue weighted by Crippen LogP contribution is 2.40. The van der Waals surface area contributed by atoms with Gasteiger partial charge in [-0.25, -0.2) is 4.98 Å². The molecule has 1 heterocycles. The second kappa shape index (κ2) is 8.47. The van der Waals surface area contributed by atoms with Crippen LogP contribution in [0.5, 0.6) is 17.2 Å². The number of carbonyl (C=O) groups is 1. The standard InChI is InChI=1S/C21H23N3O4/c1-5-22-19-12-15(14-8-6-7-9-16(14)24-19)21(25)23-13-10-17(26-2)20(28-4)18(11-13)27-3/h6-12H,5H2,1-4H3,(H,22,24)(H,23,25). The summed E-state index contributed by atoms with van der Waals surface area (Å²) in [6.45, 7) is 2.69. The molecule has 3 rings (SSSR count). The molecule has 0 aliphatic heterocycles. The number of hydrogen-bond donors (Lipinski definition) is 2. The Morgan fingerprint density at radius 2 is 1.68 bits per heavy atom. The first-order valence-corrected chi connectivity index (χ1v) is 8.86. The minimum absolute atomic E-state index is 0.257. The lowest BCUT2D eigenvalue weighted by atomic mass is 10.1. The van der Waals surface area contributed by atoms with Gasteiger partial charge in [0.05, 0.1) is 32.4 Å². The fraction of sp³-hybridized carbons (Fsp3) is 0.238. The van der Waals surface area contributed by atoms with Gasteiger partial charge in [-0.1, -0.05) is 18.2 Å². The number of nitrogens with zero attached hydrogens (tertiary/aromatic N) is 1. The molecule has 1 aromatic heterocycles. The van der Waals surface area contributed by atoms with Gasteiger partial charge < -0.3 is 24.8 Å². The number of para-hydroxylation sites is 1. The van der Waals surface area contributed by atoms with E-state index in [4.69, 9.17) is 14.2 Å². The summed E-state index contributed by atoms with van der Waals surface area (Å²) in [5, 5.41) is 6.85. The number of methoxy groups -OCH3 is 3. The van der Waals surface area contributed by atoms with Crippen LogP contribution in [0.2, 0.25) is 0 Å². The molecule has 3 aromatic rings. The van der Waals surface area contributed by atoms with E-state index in [9.17, 15) is 4.79 Å². The van der Waals surface area contributed by atoms with Gasteiger partial charge in [-0.2, -0.15) is 0 Å². The molecule has 0 saturated heterocycles. The summed E-state index contributed by atoms with van der Waals surface area (Å²) in [7, 11) is 4.59. The van der Waals surface area contributed by atoms with E-state index < -0.39 is 0 Å². The number of anilines is 2. The van der Waals surface area contributed by atoms with Crippen molar-refractivity contribution in [3.8, 4) is 17.2 Å². The van der Waals surface area contributed by atoms with Crippen molar-refractivity contribution in [3.05, 3.63) is 48.0 Å². The Bertz CT molecular complexity index is 979. The van der Waals surface area contributed by atoms with Gasteiger partial charge in [-0.15, -0.1) is 0 Å². The van der Waals surface area contributed by atoms with Crippen LogP contribution in [0.1, 0.15) is 17.3 Å². The third-order valence-corrected chi connectivity index (χ3v) is 4.24. The number of carbonyl (C=O) groups excluding carboxylic acids is 1. The molecule has 7 nitrogen and oxygen atoms in total. The molecule has 0 atom stereocenters. The number of fused-ring (bicyclic) bond motifs is 1. The summed E-state index contributed by atoms with van der Waals surface area (Å²) in [6.07, 6.45) is 0. The molecule has 2 aromatic carbocycles. The van der Waals surface area contributed by atoms with Gasteiger partial charge in [0.15, 0.2) is 11.5 Å². The third-order valence-electron chi connectivity index (χ3n) is 4.24. The van der Waals surface area contributed by atoms with E-state index in [2.05, 4.69) is 15.6 Å². The number of ether oxygens (including phenoxy) is 3. The van der Waals surface area contributed by atoms with Crippen LogP contribution in [0.4, 0.5) is 11.5 Å². The Morgan fingerprint density at radius 1 is 1.00 bits per heavy atom. The van der Waals surface area contributed by atoms with Gasteiger partial charge in [0.1, 0.15) is 5.82 Å². The van der Waals surface area contributed by atoms with Gasteiger partial charge in [0.25, 0.3) is 5.91 Å². The van der Waals surface area contributed by atoms with Gasteiger partial charge >= 0.3 is 0 Å². The fourth-order valence-electron chi connectivity index (χ4n) is 2.99. The summed E-state index contributed by atoms with van der Waals surface area (Å²) >= 11 is 0. The molecule has 0 radical (unpaired) electrons. The molecular formula is C21H23N3O4. The van der Waals surface area contributed by atoms with Crippen LogP contribution in [-0.4, -0.2) is 38.8 Å². The quantitative estimate of drug-likeness (QED) is 0.645. The lowest BCUT2D eigenvalue weighted by molar-refractivity contribution is 0.102. The number of hydrogen-bond acceptors (Lipinski definition) is 6. The van der Waals surface area contributed by atoms with E-state index in [0.717, 1.165) is 10.9 Å². The first-order valence-electron chi connectivity index (χ1n) is 8.86. The van der Waals surface area contributed by atoms with E-state index in [1.165, 1.54) is 21.3 Å². The van der Waals surface area contributed by atoms with Crippen molar-refractivity contribution >= 4 is 28.3 Å². The molecule has 2 N–H and O–H groups in total. The lowest BCUT2D eigenvalue weighted by Crippen LogP contribution is -2.14. The predicted octanol–water partition coefficient (Wildman–Crippen LogP) is 3.94. The number of benzene rings is 2. The summed E-state index contributed by atoms with van der Waals surface area (Å²) in [4.78, 5) is 17.6. The van der Waals surface area contributed by atoms with Crippen molar-refractivity contribution in [2.24, 2.45) is 0 Å². The molecular weight excluding hydrogens is 358 g/mol. The Labute approximate surface area is 163 Å². The second-order valence-corrected chi connectivity index (χ2v) is 5.97. The zero-order chi connectivity index (χ0) is 20.1. The highest BCUT2D eigenvalue weighted by atomic mass is 16.5. The summed E-state index contributed by atoms with van der Waals surface area (Å²) in [5.41, 5.74) is 1.80. The highest BCUT2D eigenvalue weighted by molar-refractivity contribution is 6.13. The molecule has 7 heteroatoms. The topological polar surface area (TPSA) is 81.7 Å². The molecule has 0 aliphatic rings. The molecule has 0 unspecified atom stereocenters. The molecule has 0 saturated carbocycles. The smallest absolute Gasteiger partial charge is 0.256 e. The predicted molar refractivity (Wildman–Crippen MR) is 110 cm³/mol. The Hall–Kier alpha value is -3.48. The van der Waals surface area contributed by atoms with Crippen LogP contribution in [0.3, 0.4) is 0 Å². The summed E-state index contributed by atoms with van der Waals surface area (Å²) in [5.74, 6) is 1.78. The van der Waals surface area contributed by atoms with E-state index in [0.29, 0.717) is 40.9 Å². The molecule has 0 bridgehead atoms. The van der Waals surface area contributed by atoms with Gasteiger partial charge in [0.2, 0.25) is 5.75 Å². The molecule has 1 amide bonds. The van der Waals surface area contributed by atoms with Crippen LogP contribution in [0.25, 0.3) is 10.9 Å². The molecule has 0 spiro atoms. The average Bonchev–Trinajstić information content (AvgIpc) is 2.72. The number of aromatic nitrogens is 1. The van der Waals surface area contributed by atoms with E-state index in [1.54, 1.807) is 18.2 Å². The normalized spacial score (nSPS) is 10.4. The van der Waals surface area contributed by atoms with Crippen LogP contribution < -0.4 is 24.8 Å². The van der Waals surface area contributed by atoms with Crippen molar-refractivity contribution in [3.63, 3.8) is 0 Å². The largest absolute Gasteiger partial charge is 0.493 e. The van der Waals surface area contributed by atoms with E-state index in [-0.39, 0.29) is 5.91 Å². The van der Waals surface area contributed by atoms with Crippen molar-refractivity contribution < 1.29 is 19.0 Å². The minimum Gasteiger partial charge on any atom is -0.493 e. The number of nitrogens with one attached hydrogen (secondary N) is 2. The van der Waals surface area contributed by atoms with Crippen molar-refractivity contribution in [1.29, 1.82) is 0 Å². The second-order valence-electron chi connectivity index (χ2n) is 5.97. The monoisotopic (exact) mass is 381 g/mol. The van der Waals surface area contributed by atoms with Crippen LogP contribution in [-0.2, 0) is 0 Å². The third kappa shape index (κ3) is 3.78. The first kappa shape index (κ1) is 19.3. The molecule has 146 valence electrons. The maximum Gasteiger partial charge on any atom is 0.256 e. The van der Waals surface area contributed by atoms with Crippen LogP contribution in [0.15, 0.2) is 42.5 Å². The van der Waals surface area contributed by atoms with E-state index >= 15 is 0 Å². The molecule has 28 heavy (non-hydrogen) atoms. The summed E-state index contributed by atoms with van der Waals surface area (Å²) in [6, 6.07) is 12.7. The first-order chi connectivity index (χ1) is 13.6. The minimum atomic E-state index is -0.257. The number of amides is 1. The van der Waals surface area contributed by atoms with E-state index in [1.807, 2.05) is 31.2 Å². The number of pyridine rings is 1. The zero-order valence-corrected chi connectivity index (χ0v) is 16.3. The van der Waals surface area contributed by atoms with Crippen molar-refractivity contribution in [2.75, 3.05) is 38.5 Å². The average molecular weight is 381 g/mol. The Balaban J connectivity index is 2.01. The Morgan fingerprint density at radius 3 is 2.29 bits per heavy atom. The zero-order valence-electron chi connectivity index (χ0n) is 16.3. The van der Waals surface area contributed by atoms with Crippen molar-refractivity contribution in [1.82, 2.24) is 4.98 Å². The van der Waals surface area contributed by atoms with Gasteiger partial charge in [0, 0.05) is 29.8 Å². The van der Waals surface area contributed by atoms with Crippen LogP contribution in [0, 0.1) is 0 Å². The van der Waals surface area contributed by atoms with Crippen LogP contribution >= 0.6 is 0 Å². The summed E-state index contributed by atoms with van der Waals surface area (Å²) < 4.78 is 16.0. The highest BCUT2D eigenvalue weighted by Gasteiger charge is 2.17. The maximum absolute atomic E-state index is 13.1. The fourth-order valence-corrected chi connectivity index (χ4v) is 2.99. The molecule has 0 fully saturated rings. The lowest BCUT2D eigenvalue weighted by Gasteiger charge is -2.15. The molecule has 0 aliphatic carbocycles. The SMILES string of the molecule is CCNc1cc(C(=O)Nc2cc(OC)c(OC)c(OC)c2)c2ccccc2n1.